The van der Waals surface area contributed by atoms with E-state index in [9.17, 15) is 9.59 Å². The maximum Gasteiger partial charge on any atom is 0.261 e. The second-order valence-electron chi connectivity index (χ2n) is 7.32. The van der Waals surface area contributed by atoms with Gasteiger partial charge in [0.05, 0.1) is 0 Å². The minimum Gasteiger partial charge on any atom is -0.484 e. The van der Waals surface area contributed by atoms with E-state index in [1.165, 1.54) is 4.90 Å². The van der Waals surface area contributed by atoms with Gasteiger partial charge in [0.15, 0.2) is 6.61 Å². The molecule has 0 heterocycles. The summed E-state index contributed by atoms with van der Waals surface area (Å²) in [6.07, 6.45) is 0.791. The Balaban J connectivity index is 2.22. The van der Waals surface area contributed by atoms with E-state index in [2.05, 4.69) is 5.32 Å². The lowest BCUT2D eigenvalue weighted by atomic mass is 10.1. The third kappa shape index (κ3) is 6.64. The first-order valence-electron chi connectivity index (χ1n) is 9.95. The summed E-state index contributed by atoms with van der Waals surface area (Å²) in [5.74, 6) is 0.0199. The van der Waals surface area contributed by atoms with E-state index in [-0.39, 0.29) is 31.0 Å². The molecule has 0 saturated carbocycles. The minimum atomic E-state index is -0.722. The van der Waals surface area contributed by atoms with E-state index in [4.69, 9.17) is 27.9 Å². The van der Waals surface area contributed by atoms with Crippen LogP contribution in [0.25, 0.3) is 0 Å². The fourth-order valence-electron chi connectivity index (χ4n) is 2.83. The van der Waals surface area contributed by atoms with Crippen LogP contribution in [-0.2, 0) is 16.1 Å². The van der Waals surface area contributed by atoms with Crippen LogP contribution in [0.3, 0.4) is 0 Å². The third-order valence-electron chi connectivity index (χ3n) is 4.91. The van der Waals surface area contributed by atoms with Crippen molar-refractivity contribution in [2.24, 2.45) is 0 Å². The molecule has 0 fully saturated rings. The SMILES string of the molecule is CCC(C)NC(=O)C(C)N(Cc1c(Cl)cccc1Cl)C(=O)COc1cccc(C)c1. The van der Waals surface area contributed by atoms with Gasteiger partial charge in [0.25, 0.3) is 5.91 Å². The third-order valence-corrected chi connectivity index (χ3v) is 5.62. The quantitative estimate of drug-likeness (QED) is 0.583. The number of nitrogens with one attached hydrogen (secondary N) is 1. The number of amides is 2. The molecule has 0 aliphatic rings. The molecule has 0 radical (unpaired) electrons. The monoisotopic (exact) mass is 450 g/mol. The topological polar surface area (TPSA) is 58.6 Å². The molecule has 2 rings (SSSR count). The van der Waals surface area contributed by atoms with Gasteiger partial charge in [-0.2, -0.15) is 0 Å². The van der Waals surface area contributed by atoms with Crippen molar-refractivity contribution >= 4 is 35.0 Å². The highest BCUT2D eigenvalue weighted by atomic mass is 35.5. The summed E-state index contributed by atoms with van der Waals surface area (Å²) < 4.78 is 5.67. The van der Waals surface area contributed by atoms with Crippen LogP contribution in [0.15, 0.2) is 42.5 Å². The van der Waals surface area contributed by atoms with Crippen LogP contribution >= 0.6 is 23.2 Å². The number of ether oxygens (including phenoxy) is 1. The lowest BCUT2D eigenvalue weighted by Crippen LogP contribution is -2.50. The van der Waals surface area contributed by atoms with Crippen LogP contribution < -0.4 is 10.1 Å². The van der Waals surface area contributed by atoms with Crippen molar-refractivity contribution in [2.45, 2.75) is 52.7 Å². The Bertz CT molecular complexity index is 868. The summed E-state index contributed by atoms with van der Waals surface area (Å²) in [5.41, 5.74) is 1.62. The van der Waals surface area contributed by atoms with Crippen molar-refractivity contribution in [1.29, 1.82) is 0 Å². The first kappa shape index (κ1) is 24.0. The predicted molar refractivity (Wildman–Crippen MR) is 121 cm³/mol. The maximum absolute atomic E-state index is 13.1. The molecule has 2 unspecified atom stereocenters. The van der Waals surface area contributed by atoms with Gasteiger partial charge in [0.1, 0.15) is 11.8 Å². The second kappa shape index (κ2) is 11.2. The predicted octanol–water partition coefficient (Wildman–Crippen LogP) is 5.01. The van der Waals surface area contributed by atoms with Gasteiger partial charge < -0.3 is 15.0 Å². The summed E-state index contributed by atoms with van der Waals surface area (Å²) in [7, 11) is 0. The van der Waals surface area contributed by atoms with Gasteiger partial charge in [-0.05, 0) is 57.0 Å². The van der Waals surface area contributed by atoms with Crippen LogP contribution in [0, 0.1) is 6.92 Å². The smallest absolute Gasteiger partial charge is 0.261 e. The van der Waals surface area contributed by atoms with Crippen LogP contribution in [0.2, 0.25) is 10.0 Å². The first-order chi connectivity index (χ1) is 14.2. The molecule has 7 heteroatoms. The lowest BCUT2D eigenvalue weighted by molar-refractivity contribution is -0.142. The zero-order chi connectivity index (χ0) is 22.3. The van der Waals surface area contributed by atoms with E-state index < -0.39 is 6.04 Å². The molecule has 1 N–H and O–H groups in total. The van der Waals surface area contributed by atoms with Gasteiger partial charge in [-0.3, -0.25) is 9.59 Å². The van der Waals surface area contributed by atoms with E-state index in [0.29, 0.717) is 21.4 Å². The van der Waals surface area contributed by atoms with Crippen molar-refractivity contribution < 1.29 is 14.3 Å². The van der Waals surface area contributed by atoms with Crippen LogP contribution in [0.5, 0.6) is 5.75 Å². The molecule has 5 nitrogen and oxygen atoms in total. The zero-order valence-corrected chi connectivity index (χ0v) is 19.3. The molecule has 2 aromatic rings. The normalized spacial score (nSPS) is 12.7. The molecule has 0 saturated heterocycles. The Morgan fingerprint density at radius 2 is 1.73 bits per heavy atom. The highest BCUT2D eigenvalue weighted by Gasteiger charge is 2.28. The molecule has 162 valence electrons. The number of rotatable bonds is 9. The molecule has 0 spiro atoms. The number of nitrogens with zero attached hydrogens (tertiary/aromatic N) is 1. The van der Waals surface area contributed by atoms with Crippen molar-refractivity contribution in [2.75, 3.05) is 6.61 Å². The fraction of sp³-hybridized carbons (Fsp3) is 0.391. The van der Waals surface area contributed by atoms with Crippen molar-refractivity contribution in [3.8, 4) is 5.75 Å². The Morgan fingerprint density at radius 1 is 1.10 bits per heavy atom. The Hall–Kier alpha value is -2.24. The van der Waals surface area contributed by atoms with Gasteiger partial charge in [-0.1, -0.05) is 48.3 Å². The Labute approximate surface area is 188 Å². The average Bonchev–Trinajstić information content (AvgIpc) is 2.71. The van der Waals surface area contributed by atoms with Gasteiger partial charge in [-0.25, -0.2) is 0 Å². The summed E-state index contributed by atoms with van der Waals surface area (Å²) in [5, 5.41) is 3.80. The van der Waals surface area contributed by atoms with Crippen molar-refractivity contribution in [3.63, 3.8) is 0 Å². The summed E-state index contributed by atoms with van der Waals surface area (Å²) in [6.45, 7) is 7.44. The van der Waals surface area contributed by atoms with Crippen LogP contribution in [-0.4, -0.2) is 35.4 Å². The second-order valence-corrected chi connectivity index (χ2v) is 8.14. The van der Waals surface area contributed by atoms with Gasteiger partial charge in [0.2, 0.25) is 5.91 Å². The zero-order valence-electron chi connectivity index (χ0n) is 17.7. The van der Waals surface area contributed by atoms with E-state index >= 15 is 0 Å². The van der Waals surface area contributed by atoms with E-state index in [1.54, 1.807) is 31.2 Å². The molecular formula is C23H28Cl2N2O3. The van der Waals surface area contributed by atoms with Gasteiger partial charge in [-0.15, -0.1) is 0 Å². The molecule has 0 aliphatic carbocycles. The molecule has 2 atom stereocenters. The van der Waals surface area contributed by atoms with Crippen LogP contribution in [0.4, 0.5) is 0 Å². The van der Waals surface area contributed by atoms with E-state index in [1.807, 2.05) is 39.0 Å². The summed E-state index contributed by atoms with van der Waals surface area (Å²) in [6, 6.07) is 11.9. The van der Waals surface area contributed by atoms with Crippen molar-refractivity contribution in [3.05, 3.63) is 63.6 Å². The number of hydrogen-bond donors (Lipinski definition) is 1. The number of carbonyl (C=O) groups excluding carboxylic acids is 2. The summed E-state index contributed by atoms with van der Waals surface area (Å²) in [4.78, 5) is 27.2. The molecule has 0 aromatic heterocycles. The number of benzene rings is 2. The Kier molecular flexibility index (Phi) is 9.00. The molecule has 30 heavy (non-hydrogen) atoms. The molecule has 0 bridgehead atoms. The number of carbonyl (C=O) groups is 2. The molecule has 2 aromatic carbocycles. The average molecular weight is 451 g/mol. The number of hydrogen-bond acceptors (Lipinski definition) is 3. The first-order valence-corrected chi connectivity index (χ1v) is 10.7. The number of aryl methyl sites for hydroxylation is 1. The maximum atomic E-state index is 13.1. The fourth-order valence-corrected chi connectivity index (χ4v) is 3.35. The van der Waals surface area contributed by atoms with Gasteiger partial charge >= 0.3 is 0 Å². The molecular weight excluding hydrogens is 423 g/mol. The highest BCUT2D eigenvalue weighted by Crippen LogP contribution is 2.26. The lowest BCUT2D eigenvalue weighted by Gasteiger charge is -2.30. The highest BCUT2D eigenvalue weighted by molar-refractivity contribution is 6.36. The largest absolute Gasteiger partial charge is 0.484 e. The number of halogens is 2. The summed E-state index contributed by atoms with van der Waals surface area (Å²) >= 11 is 12.6. The molecule has 2 amide bonds. The van der Waals surface area contributed by atoms with Gasteiger partial charge in [0, 0.05) is 28.2 Å². The Morgan fingerprint density at radius 3 is 2.33 bits per heavy atom. The standard InChI is InChI=1S/C23H28Cl2N2O3/c1-5-16(3)26-23(29)17(4)27(13-19-20(24)10-7-11-21(19)25)22(28)14-30-18-9-6-8-15(2)12-18/h6-12,16-17H,5,13-14H2,1-4H3,(H,26,29). The van der Waals surface area contributed by atoms with E-state index in [0.717, 1.165) is 12.0 Å². The molecule has 0 aliphatic heterocycles. The minimum absolute atomic E-state index is 0.00403. The van der Waals surface area contributed by atoms with Crippen LogP contribution in [0.1, 0.15) is 38.3 Å². The van der Waals surface area contributed by atoms with Crippen molar-refractivity contribution in [1.82, 2.24) is 10.2 Å².